The number of carbonyl (C=O) groups is 1. The molecule has 33 heavy (non-hydrogen) atoms. The van der Waals surface area contributed by atoms with Crippen molar-refractivity contribution in [3.05, 3.63) is 22.4 Å². The monoisotopic (exact) mass is 475 g/mol. The average Bonchev–Trinajstić information content (AvgIpc) is 3.62. The summed E-state index contributed by atoms with van der Waals surface area (Å²) < 4.78 is 138. The Balaban J connectivity index is 2.06. The summed E-state index contributed by atoms with van der Waals surface area (Å²) in [5.41, 5.74) is 0.282. The fourth-order valence-electron chi connectivity index (χ4n) is 4.03. The van der Waals surface area contributed by atoms with Crippen molar-refractivity contribution in [2.75, 3.05) is 24.4 Å². The summed E-state index contributed by atoms with van der Waals surface area (Å²) in [6.45, 7) is -12.6. The van der Waals surface area contributed by atoms with Crippen molar-refractivity contribution in [1.29, 1.82) is 5.26 Å². The zero-order valence-electron chi connectivity index (χ0n) is 29.1. The highest BCUT2D eigenvalue weighted by atomic mass is 19.4. The van der Waals surface area contributed by atoms with Crippen LogP contribution < -0.4 is 4.90 Å². The maximum Gasteiger partial charge on any atom is 0.397 e. The van der Waals surface area contributed by atoms with Crippen molar-refractivity contribution in [2.45, 2.75) is 83.6 Å². The number of nitriles is 1. The minimum absolute atomic E-state index is 0.0477. The van der Waals surface area contributed by atoms with Gasteiger partial charge in [-0.25, -0.2) is 4.98 Å². The number of ether oxygens (including phenoxy) is 1. The molecule has 0 N–H and O–H groups in total. The lowest BCUT2D eigenvalue weighted by molar-refractivity contribution is -0.164. The van der Waals surface area contributed by atoms with E-state index in [9.17, 15) is 24.6 Å². The van der Waals surface area contributed by atoms with Crippen LogP contribution in [0.25, 0.3) is 0 Å². The van der Waals surface area contributed by atoms with Crippen LogP contribution in [-0.4, -0.2) is 53.1 Å². The molecule has 180 valence electrons. The van der Waals surface area contributed by atoms with E-state index < -0.39 is 80.0 Å². The molecule has 2 aliphatic heterocycles. The topological polar surface area (TPSA) is 69.5 Å². The minimum atomic E-state index is -5.30. The number of nitrogens with zero attached hydrogens (tertiary/aromatic N) is 4. The Kier molecular flexibility index (Phi) is 3.47. The van der Waals surface area contributed by atoms with Gasteiger partial charge in [0.1, 0.15) is 18.3 Å². The van der Waals surface area contributed by atoms with E-state index in [4.69, 9.17) is 18.4 Å². The predicted molar refractivity (Wildman–Crippen MR) is 117 cm³/mol. The van der Waals surface area contributed by atoms with Crippen molar-refractivity contribution in [1.82, 2.24) is 9.88 Å². The molecule has 1 saturated heterocycles. The Morgan fingerprint density at radius 1 is 1.42 bits per heavy atom. The van der Waals surface area contributed by atoms with Gasteiger partial charge in [0, 0.05) is 45.7 Å². The zero-order chi connectivity index (χ0) is 33.6. The van der Waals surface area contributed by atoms with Gasteiger partial charge in [-0.05, 0) is 38.2 Å². The smallest absolute Gasteiger partial charge is 0.370 e. The van der Waals surface area contributed by atoms with Crippen molar-refractivity contribution in [2.24, 2.45) is 5.92 Å². The molecule has 1 saturated carbocycles. The summed E-state index contributed by atoms with van der Waals surface area (Å²) in [5, 5.41) is 10.3. The first kappa shape index (κ1) is 13.5. The van der Waals surface area contributed by atoms with Crippen LogP contribution >= 0.6 is 0 Å². The number of carbonyl (C=O) groups excluding carboxylic acids is 1. The number of piperazine rings is 1. The van der Waals surface area contributed by atoms with Crippen molar-refractivity contribution >= 4 is 11.7 Å². The number of hydrogen-bond acceptors (Lipinski definition) is 5. The summed E-state index contributed by atoms with van der Waals surface area (Å²) in [7, 11) is 0. The molecule has 1 aromatic heterocycles. The molecular weight excluding hydrogens is 433 g/mol. The van der Waals surface area contributed by atoms with Crippen LogP contribution in [0, 0.1) is 17.2 Å². The lowest BCUT2D eigenvalue weighted by atomic mass is 9.87. The lowest BCUT2D eigenvalue weighted by Crippen LogP contribution is -2.58. The number of anilines is 1. The van der Waals surface area contributed by atoms with E-state index in [0.29, 0.717) is 34.6 Å². The van der Waals surface area contributed by atoms with E-state index in [2.05, 4.69) is 4.98 Å². The van der Waals surface area contributed by atoms with Gasteiger partial charge in [-0.2, -0.15) is 18.4 Å². The van der Waals surface area contributed by atoms with E-state index in [0.717, 1.165) is 0 Å². The zero-order valence-corrected chi connectivity index (χ0v) is 18.1. The Morgan fingerprint density at radius 3 is 2.76 bits per heavy atom. The molecule has 2 fully saturated rings. The van der Waals surface area contributed by atoms with Gasteiger partial charge in [0.2, 0.25) is 5.91 Å². The molecular formula is C24H31F3N4O2. The highest BCUT2D eigenvalue weighted by molar-refractivity contribution is 5.77. The Labute approximate surface area is 208 Å². The summed E-state index contributed by atoms with van der Waals surface area (Å²) >= 11 is 0. The van der Waals surface area contributed by atoms with Crippen LogP contribution in [0.2, 0.25) is 0 Å². The quantitative estimate of drug-likeness (QED) is 0.649. The Bertz CT molecular complexity index is 1370. The van der Waals surface area contributed by atoms with E-state index in [1.54, 1.807) is 13.8 Å². The van der Waals surface area contributed by atoms with Crippen molar-refractivity contribution in [3.8, 4) is 6.07 Å². The highest BCUT2D eigenvalue weighted by Crippen LogP contribution is 2.46. The molecule has 6 nitrogen and oxygen atoms in total. The number of hydrogen-bond donors (Lipinski definition) is 0. The highest BCUT2D eigenvalue weighted by Gasteiger charge is 2.41. The van der Waals surface area contributed by atoms with Gasteiger partial charge in [0.15, 0.2) is 0 Å². The minimum Gasteiger partial charge on any atom is -0.370 e. The molecule has 9 heteroatoms. The summed E-state index contributed by atoms with van der Waals surface area (Å²) in [4.78, 5) is 17.5. The lowest BCUT2D eigenvalue weighted by Gasteiger charge is -2.44. The third-order valence-electron chi connectivity index (χ3n) is 5.72. The number of pyridine rings is 1. The normalized spacial score (nSPS) is 33.8. The maximum absolute atomic E-state index is 13.4. The SMILES string of the molecule is [2H]C([2H])([2H])C(C([2H])([2H])[2H])[C@@]1([2H])N(C(=O)CC(F)(F)F)C([2H])([2H])CN(c2nc(C3CC3)c3c(c2C#N)CC(C)(C)OC3)C1([2H])[2H]. The number of aromatic nitrogens is 1. The van der Waals surface area contributed by atoms with Crippen molar-refractivity contribution < 1.29 is 37.8 Å². The first-order chi connectivity index (χ1) is 19.7. The Hall–Kier alpha value is -2.34. The fourth-order valence-corrected chi connectivity index (χ4v) is 4.03. The van der Waals surface area contributed by atoms with Gasteiger partial charge in [0.05, 0.1) is 36.3 Å². The van der Waals surface area contributed by atoms with Crippen LogP contribution in [0.1, 0.15) is 90.2 Å². The Morgan fingerprint density at radius 2 is 2.15 bits per heavy atom. The average molecular weight is 476 g/mol. The molecule has 0 unspecified atom stereocenters. The van der Waals surface area contributed by atoms with Gasteiger partial charge < -0.3 is 14.5 Å². The molecule has 3 aliphatic rings. The van der Waals surface area contributed by atoms with Gasteiger partial charge in [-0.15, -0.1) is 0 Å². The van der Waals surface area contributed by atoms with Crippen LogP contribution in [0.3, 0.4) is 0 Å². The third kappa shape index (κ3) is 4.96. The largest absolute Gasteiger partial charge is 0.397 e. The number of alkyl halides is 3. The number of amides is 1. The summed E-state index contributed by atoms with van der Waals surface area (Å²) in [6, 6.07) is -2.10. The second-order valence-corrected chi connectivity index (χ2v) is 8.96. The molecule has 1 aliphatic carbocycles. The van der Waals surface area contributed by atoms with Gasteiger partial charge in [-0.3, -0.25) is 4.79 Å². The molecule has 0 bridgehead atoms. The van der Waals surface area contributed by atoms with E-state index in [1.807, 2.05) is 6.07 Å². The first-order valence-corrected chi connectivity index (χ1v) is 10.5. The molecule has 0 spiro atoms. The summed E-state index contributed by atoms with van der Waals surface area (Å²) in [6.07, 6.45) is -6.25. The first-order valence-electron chi connectivity index (χ1n) is 16.0. The van der Waals surface area contributed by atoms with Crippen LogP contribution in [0.5, 0.6) is 0 Å². The molecule has 1 atom stereocenters. The van der Waals surface area contributed by atoms with Gasteiger partial charge >= 0.3 is 6.18 Å². The van der Waals surface area contributed by atoms with Gasteiger partial charge in [-0.1, -0.05) is 13.7 Å². The molecule has 4 rings (SSSR count). The van der Waals surface area contributed by atoms with E-state index >= 15 is 0 Å². The molecule has 3 heterocycles. The number of halogens is 3. The second-order valence-electron chi connectivity index (χ2n) is 8.96. The van der Waals surface area contributed by atoms with Gasteiger partial charge in [0.25, 0.3) is 0 Å². The molecule has 1 aromatic rings. The van der Waals surface area contributed by atoms with Crippen molar-refractivity contribution in [3.63, 3.8) is 0 Å². The third-order valence-corrected chi connectivity index (χ3v) is 5.72. The van der Waals surface area contributed by atoms with Crippen LogP contribution in [-0.2, 0) is 22.6 Å². The number of rotatable bonds is 4. The molecule has 0 radical (unpaired) electrons. The number of fused-ring (bicyclic) bond motifs is 1. The fraction of sp³-hybridized carbons (Fsp3) is 0.708. The molecule has 1 amide bonds. The molecule has 0 aromatic carbocycles. The second kappa shape index (κ2) is 8.46. The maximum atomic E-state index is 13.4. The van der Waals surface area contributed by atoms with Crippen LogP contribution in [0.15, 0.2) is 0 Å². The van der Waals surface area contributed by atoms with E-state index in [1.165, 1.54) is 0 Å². The van der Waals surface area contributed by atoms with Crippen LogP contribution in [0.4, 0.5) is 19.0 Å². The standard InChI is InChI=1S/C24H31F3N4O2/c1-14(2)19-12-30(7-8-31(19)20(32)10-24(25,26)27)22-17(11-28)16-9-23(3,4)33-13-18(16)21(29-22)15-5-6-15/h14-15,19H,5-10,12-13H2,1-4H3/t19-/m0/s1/i1D3,2D3,8D2,12D2,19D. The summed E-state index contributed by atoms with van der Waals surface area (Å²) in [5.74, 6) is -6.10. The predicted octanol–water partition coefficient (Wildman–Crippen LogP) is 4.31. The van der Waals surface area contributed by atoms with E-state index in [-0.39, 0.29) is 24.5 Å².